The number of nitrogens with one attached hydrogen (secondary N) is 1. The van der Waals surface area contributed by atoms with Gasteiger partial charge in [-0.25, -0.2) is 0 Å². The van der Waals surface area contributed by atoms with Crippen molar-refractivity contribution in [3.05, 3.63) is 18.2 Å². The second-order valence-corrected chi connectivity index (χ2v) is 5.93. The van der Waals surface area contributed by atoms with Crippen molar-refractivity contribution in [3.63, 3.8) is 0 Å². The lowest BCUT2D eigenvalue weighted by molar-refractivity contribution is 0.297. The summed E-state index contributed by atoms with van der Waals surface area (Å²) in [6.07, 6.45) is 6.14. The predicted octanol–water partition coefficient (Wildman–Crippen LogP) is 2.55. The van der Waals surface area contributed by atoms with Crippen LogP contribution in [0.2, 0.25) is 0 Å². The van der Waals surface area contributed by atoms with E-state index >= 15 is 0 Å². The Balaban J connectivity index is 1.94. The molecule has 0 aromatic heterocycles. The summed E-state index contributed by atoms with van der Waals surface area (Å²) in [4.78, 5) is 1.19. The van der Waals surface area contributed by atoms with E-state index in [0.717, 1.165) is 37.7 Å². The second-order valence-electron chi connectivity index (χ2n) is 4.42. The lowest BCUT2D eigenvalue weighted by Gasteiger charge is -2.13. The molecule has 2 rings (SSSR count). The molecule has 1 aromatic carbocycles. The molecule has 0 bridgehead atoms. The number of hydrogen-bond acceptors (Lipinski definition) is 4. The molecule has 1 N–H and O–H groups in total. The molecule has 19 heavy (non-hydrogen) atoms. The molecule has 1 unspecified atom stereocenters. The Kier molecular flexibility index (Phi) is 5.44. The SMILES string of the molecule is C#CCNCC(C)Sc1ccc2c(c1)OCCCO2. The summed E-state index contributed by atoms with van der Waals surface area (Å²) in [6.45, 7) is 5.14. The van der Waals surface area contributed by atoms with E-state index in [1.807, 2.05) is 6.07 Å². The van der Waals surface area contributed by atoms with Crippen LogP contribution in [0.15, 0.2) is 23.1 Å². The minimum Gasteiger partial charge on any atom is -0.490 e. The zero-order valence-electron chi connectivity index (χ0n) is 11.1. The van der Waals surface area contributed by atoms with Gasteiger partial charge in [0.1, 0.15) is 0 Å². The van der Waals surface area contributed by atoms with Crippen LogP contribution in [0, 0.1) is 12.3 Å². The molecule has 0 aliphatic carbocycles. The average molecular weight is 277 g/mol. The second kappa shape index (κ2) is 7.32. The highest BCUT2D eigenvalue weighted by molar-refractivity contribution is 8.00. The van der Waals surface area contributed by atoms with E-state index in [9.17, 15) is 0 Å². The number of hydrogen-bond donors (Lipinski definition) is 1. The number of fused-ring (bicyclic) bond motifs is 1. The molecule has 1 aromatic rings. The quantitative estimate of drug-likeness (QED) is 0.509. The van der Waals surface area contributed by atoms with Gasteiger partial charge in [-0.3, -0.25) is 0 Å². The van der Waals surface area contributed by atoms with Crippen LogP contribution in [-0.2, 0) is 0 Å². The van der Waals surface area contributed by atoms with Crippen LogP contribution < -0.4 is 14.8 Å². The van der Waals surface area contributed by atoms with E-state index in [1.54, 1.807) is 11.8 Å². The highest BCUT2D eigenvalue weighted by Gasteiger charge is 2.12. The number of thioether (sulfide) groups is 1. The fourth-order valence-corrected chi connectivity index (χ4v) is 2.83. The van der Waals surface area contributed by atoms with Crippen molar-refractivity contribution in [2.75, 3.05) is 26.3 Å². The number of rotatable bonds is 5. The topological polar surface area (TPSA) is 30.5 Å². The van der Waals surface area contributed by atoms with Gasteiger partial charge in [0.05, 0.1) is 19.8 Å². The summed E-state index contributed by atoms with van der Waals surface area (Å²) in [7, 11) is 0. The first kappa shape index (κ1) is 14.1. The molecule has 0 amide bonds. The van der Waals surface area contributed by atoms with E-state index in [1.165, 1.54) is 4.90 Å². The molecular formula is C15H19NO2S. The molecule has 102 valence electrons. The van der Waals surface area contributed by atoms with Gasteiger partial charge in [0.25, 0.3) is 0 Å². The number of terminal acetylenes is 1. The Labute approximate surface area is 119 Å². The largest absolute Gasteiger partial charge is 0.490 e. The maximum atomic E-state index is 5.69. The Morgan fingerprint density at radius 2 is 2.16 bits per heavy atom. The summed E-state index contributed by atoms with van der Waals surface area (Å²) in [5.41, 5.74) is 0. The molecule has 0 spiro atoms. The number of ether oxygens (including phenoxy) is 2. The predicted molar refractivity (Wildman–Crippen MR) is 79.1 cm³/mol. The van der Waals surface area contributed by atoms with Crippen LogP contribution in [0.3, 0.4) is 0 Å². The Hall–Kier alpha value is -1.31. The standard InChI is InChI=1S/C15H19NO2S/c1-3-7-16-11-12(2)19-13-5-6-14-15(10-13)18-9-4-8-17-14/h1,5-6,10,12,16H,4,7-9,11H2,2H3. The van der Waals surface area contributed by atoms with Gasteiger partial charge >= 0.3 is 0 Å². The van der Waals surface area contributed by atoms with E-state index in [4.69, 9.17) is 15.9 Å². The molecule has 1 heterocycles. The fraction of sp³-hybridized carbons (Fsp3) is 0.467. The summed E-state index contributed by atoms with van der Waals surface area (Å²) in [6, 6.07) is 6.13. The van der Waals surface area contributed by atoms with Crippen LogP contribution in [0.25, 0.3) is 0 Å². The van der Waals surface area contributed by atoms with Crippen molar-refractivity contribution >= 4 is 11.8 Å². The van der Waals surface area contributed by atoms with E-state index in [2.05, 4.69) is 30.3 Å². The molecule has 4 heteroatoms. The van der Waals surface area contributed by atoms with Crippen LogP contribution in [0.4, 0.5) is 0 Å². The Bertz CT molecular complexity index is 456. The van der Waals surface area contributed by atoms with E-state index in [0.29, 0.717) is 11.8 Å². The third-order valence-electron chi connectivity index (χ3n) is 2.72. The van der Waals surface area contributed by atoms with Gasteiger partial charge in [0, 0.05) is 23.1 Å². The van der Waals surface area contributed by atoms with Gasteiger partial charge < -0.3 is 14.8 Å². The normalized spacial score (nSPS) is 15.4. The molecule has 0 saturated heterocycles. The lowest BCUT2D eigenvalue weighted by Crippen LogP contribution is -2.22. The summed E-state index contributed by atoms with van der Waals surface area (Å²) in [5, 5.41) is 3.67. The molecule has 0 radical (unpaired) electrons. The molecule has 1 aliphatic heterocycles. The first-order valence-corrected chi connectivity index (χ1v) is 7.38. The van der Waals surface area contributed by atoms with Crippen molar-refractivity contribution in [1.29, 1.82) is 0 Å². The van der Waals surface area contributed by atoms with Gasteiger partial charge in [-0.2, -0.15) is 0 Å². The van der Waals surface area contributed by atoms with Gasteiger partial charge in [-0.05, 0) is 18.2 Å². The molecule has 0 saturated carbocycles. The smallest absolute Gasteiger partial charge is 0.162 e. The van der Waals surface area contributed by atoms with Crippen molar-refractivity contribution in [2.24, 2.45) is 0 Å². The van der Waals surface area contributed by atoms with Crippen molar-refractivity contribution in [3.8, 4) is 23.8 Å². The lowest BCUT2D eigenvalue weighted by atomic mass is 10.3. The van der Waals surface area contributed by atoms with E-state index in [-0.39, 0.29) is 0 Å². The van der Waals surface area contributed by atoms with E-state index < -0.39 is 0 Å². The number of benzene rings is 1. The van der Waals surface area contributed by atoms with Gasteiger partial charge in [-0.15, -0.1) is 18.2 Å². The summed E-state index contributed by atoms with van der Waals surface area (Å²) < 4.78 is 11.3. The molecule has 0 fully saturated rings. The minimum atomic E-state index is 0.457. The first-order valence-electron chi connectivity index (χ1n) is 6.50. The first-order chi connectivity index (χ1) is 9.29. The highest BCUT2D eigenvalue weighted by Crippen LogP contribution is 2.35. The van der Waals surface area contributed by atoms with Crippen LogP contribution in [0.1, 0.15) is 13.3 Å². The summed E-state index contributed by atoms with van der Waals surface area (Å²) in [5.74, 6) is 4.28. The van der Waals surface area contributed by atoms with Gasteiger partial charge in [-0.1, -0.05) is 12.8 Å². The van der Waals surface area contributed by atoms with Crippen LogP contribution in [-0.4, -0.2) is 31.6 Å². The highest BCUT2D eigenvalue weighted by atomic mass is 32.2. The third kappa shape index (κ3) is 4.38. The Morgan fingerprint density at radius 3 is 2.95 bits per heavy atom. The molecule has 3 nitrogen and oxygen atoms in total. The maximum Gasteiger partial charge on any atom is 0.162 e. The van der Waals surface area contributed by atoms with Gasteiger partial charge in [0.15, 0.2) is 11.5 Å². The third-order valence-corrected chi connectivity index (χ3v) is 3.81. The molecule has 1 aliphatic rings. The maximum absolute atomic E-state index is 5.69. The molecule has 1 atom stereocenters. The van der Waals surface area contributed by atoms with Gasteiger partial charge in [0.2, 0.25) is 0 Å². The monoisotopic (exact) mass is 277 g/mol. The van der Waals surface area contributed by atoms with Crippen LogP contribution >= 0.6 is 11.8 Å². The average Bonchev–Trinajstić information content (AvgIpc) is 2.63. The fourth-order valence-electron chi connectivity index (χ4n) is 1.84. The zero-order valence-corrected chi connectivity index (χ0v) is 12.0. The molecular weight excluding hydrogens is 258 g/mol. The van der Waals surface area contributed by atoms with Crippen molar-refractivity contribution < 1.29 is 9.47 Å². The summed E-state index contributed by atoms with van der Waals surface area (Å²) >= 11 is 1.81. The van der Waals surface area contributed by atoms with Crippen molar-refractivity contribution in [1.82, 2.24) is 5.32 Å². The van der Waals surface area contributed by atoms with Crippen LogP contribution in [0.5, 0.6) is 11.5 Å². The van der Waals surface area contributed by atoms with Crippen molar-refractivity contribution in [2.45, 2.75) is 23.5 Å². The minimum absolute atomic E-state index is 0.457. The Morgan fingerprint density at radius 1 is 1.37 bits per heavy atom. The zero-order chi connectivity index (χ0) is 13.5.